The highest BCUT2D eigenvalue weighted by atomic mass is 35.5. The Balaban J connectivity index is 0.00000400. The fourth-order valence-corrected chi connectivity index (χ4v) is 1.49. The summed E-state index contributed by atoms with van der Waals surface area (Å²) in [5.74, 6) is 1.67. The van der Waals surface area contributed by atoms with Crippen molar-refractivity contribution < 1.29 is 19.0 Å². The predicted molar refractivity (Wildman–Crippen MR) is 83.5 cm³/mol. The molecule has 0 bridgehead atoms. The number of carbonyl (C=O) groups excluding carboxylic acids is 1. The van der Waals surface area contributed by atoms with Crippen molar-refractivity contribution in [2.75, 3.05) is 33.9 Å². The summed E-state index contributed by atoms with van der Waals surface area (Å²) in [4.78, 5) is 11.5. The van der Waals surface area contributed by atoms with E-state index in [9.17, 15) is 4.79 Å². The second-order valence-electron chi connectivity index (χ2n) is 4.32. The van der Waals surface area contributed by atoms with Crippen molar-refractivity contribution >= 4 is 18.3 Å². The second-order valence-corrected chi connectivity index (χ2v) is 4.32. The van der Waals surface area contributed by atoms with E-state index in [1.165, 1.54) is 0 Å². The first-order valence-corrected chi connectivity index (χ1v) is 6.44. The van der Waals surface area contributed by atoms with E-state index in [-0.39, 0.29) is 24.2 Å². The zero-order chi connectivity index (χ0) is 15.0. The summed E-state index contributed by atoms with van der Waals surface area (Å²) in [6.07, 6.45) is 0. The minimum atomic E-state index is -0.188. The maximum atomic E-state index is 11.5. The van der Waals surface area contributed by atoms with Crippen LogP contribution >= 0.6 is 12.4 Å². The monoisotopic (exact) mass is 318 g/mol. The standard InChI is InChI=1S/C14H22N2O4.ClH/c1-10(9-15)14(17)16-4-5-20-13-7-11(18-2)6-12(8-13)19-3;/h6-8,10H,4-5,9,15H2,1-3H3,(H,16,17);1H. The normalized spacial score (nSPS) is 11.0. The maximum Gasteiger partial charge on any atom is 0.224 e. The van der Waals surface area contributed by atoms with Crippen LogP contribution in [0.5, 0.6) is 17.2 Å². The van der Waals surface area contributed by atoms with Gasteiger partial charge in [0.2, 0.25) is 5.91 Å². The van der Waals surface area contributed by atoms with Gasteiger partial charge in [0.25, 0.3) is 0 Å². The molecule has 0 aliphatic rings. The molecule has 0 saturated heterocycles. The number of amides is 1. The summed E-state index contributed by atoms with van der Waals surface area (Å²) in [6, 6.07) is 5.28. The molecule has 0 aromatic heterocycles. The van der Waals surface area contributed by atoms with E-state index in [1.54, 1.807) is 39.3 Å². The first-order valence-electron chi connectivity index (χ1n) is 6.44. The van der Waals surface area contributed by atoms with Crippen LogP contribution in [0.3, 0.4) is 0 Å². The Morgan fingerprint density at radius 2 is 1.71 bits per heavy atom. The van der Waals surface area contributed by atoms with Crippen LogP contribution in [-0.4, -0.2) is 39.8 Å². The molecule has 1 atom stereocenters. The molecule has 6 nitrogen and oxygen atoms in total. The van der Waals surface area contributed by atoms with Crippen LogP contribution in [0.1, 0.15) is 6.92 Å². The third-order valence-electron chi connectivity index (χ3n) is 2.80. The molecule has 21 heavy (non-hydrogen) atoms. The van der Waals surface area contributed by atoms with E-state index in [1.807, 2.05) is 0 Å². The molecule has 120 valence electrons. The Kier molecular flexibility index (Phi) is 9.32. The van der Waals surface area contributed by atoms with Gasteiger partial charge in [-0.1, -0.05) is 6.92 Å². The van der Waals surface area contributed by atoms with E-state index in [0.717, 1.165) is 0 Å². The molecule has 0 saturated carbocycles. The van der Waals surface area contributed by atoms with Gasteiger partial charge in [-0.05, 0) is 0 Å². The van der Waals surface area contributed by atoms with E-state index in [4.69, 9.17) is 19.9 Å². The van der Waals surface area contributed by atoms with Crippen LogP contribution in [0.15, 0.2) is 18.2 Å². The van der Waals surface area contributed by atoms with Crippen LogP contribution in [0.2, 0.25) is 0 Å². The van der Waals surface area contributed by atoms with Gasteiger partial charge in [0, 0.05) is 30.7 Å². The molecule has 1 unspecified atom stereocenters. The third-order valence-corrected chi connectivity index (χ3v) is 2.80. The molecule has 3 N–H and O–H groups in total. The number of carbonyl (C=O) groups is 1. The number of nitrogens with one attached hydrogen (secondary N) is 1. The highest BCUT2D eigenvalue weighted by Crippen LogP contribution is 2.27. The highest BCUT2D eigenvalue weighted by Gasteiger charge is 2.09. The molecule has 1 aromatic carbocycles. The quantitative estimate of drug-likeness (QED) is 0.704. The Morgan fingerprint density at radius 3 is 2.19 bits per heavy atom. The average Bonchev–Trinajstić information content (AvgIpc) is 2.49. The number of nitrogens with two attached hydrogens (primary N) is 1. The van der Waals surface area contributed by atoms with Crippen molar-refractivity contribution in [3.8, 4) is 17.2 Å². The fraction of sp³-hybridized carbons (Fsp3) is 0.500. The molecule has 1 amide bonds. The second kappa shape index (κ2) is 10.1. The van der Waals surface area contributed by atoms with Gasteiger partial charge in [-0.15, -0.1) is 12.4 Å². The Hall–Kier alpha value is -1.66. The number of hydrogen-bond donors (Lipinski definition) is 2. The summed E-state index contributed by atoms with van der Waals surface area (Å²) in [5.41, 5.74) is 5.41. The average molecular weight is 319 g/mol. The molecule has 7 heteroatoms. The topological polar surface area (TPSA) is 82.8 Å². The minimum Gasteiger partial charge on any atom is -0.496 e. The lowest BCUT2D eigenvalue weighted by atomic mass is 10.2. The van der Waals surface area contributed by atoms with Crippen molar-refractivity contribution in [3.63, 3.8) is 0 Å². The smallest absolute Gasteiger partial charge is 0.224 e. The van der Waals surface area contributed by atoms with Crippen LogP contribution in [0.25, 0.3) is 0 Å². The lowest BCUT2D eigenvalue weighted by Crippen LogP contribution is -2.35. The van der Waals surface area contributed by atoms with Gasteiger partial charge in [-0.2, -0.15) is 0 Å². The highest BCUT2D eigenvalue weighted by molar-refractivity contribution is 5.85. The molecular weight excluding hydrogens is 296 g/mol. The van der Waals surface area contributed by atoms with Crippen molar-refractivity contribution in [1.29, 1.82) is 0 Å². The van der Waals surface area contributed by atoms with Crippen LogP contribution in [0, 0.1) is 5.92 Å². The largest absolute Gasteiger partial charge is 0.496 e. The van der Waals surface area contributed by atoms with Gasteiger partial charge in [0.05, 0.1) is 20.8 Å². The number of hydrogen-bond acceptors (Lipinski definition) is 5. The molecule has 0 fully saturated rings. The maximum absolute atomic E-state index is 11.5. The summed E-state index contributed by atoms with van der Waals surface area (Å²) < 4.78 is 15.8. The molecule has 0 radical (unpaired) electrons. The molecule has 0 aliphatic heterocycles. The van der Waals surface area contributed by atoms with Crippen molar-refractivity contribution in [2.24, 2.45) is 11.7 Å². The van der Waals surface area contributed by atoms with Gasteiger partial charge in [-0.25, -0.2) is 0 Å². The Morgan fingerprint density at radius 1 is 1.19 bits per heavy atom. The van der Waals surface area contributed by atoms with Gasteiger partial charge in [-0.3, -0.25) is 4.79 Å². The van der Waals surface area contributed by atoms with Crippen LogP contribution in [0.4, 0.5) is 0 Å². The number of benzene rings is 1. The number of ether oxygens (including phenoxy) is 3. The van der Waals surface area contributed by atoms with E-state index in [0.29, 0.717) is 36.9 Å². The molecule has 0 heterocycles. The summed E-state index contributed by atoms with van der Waals surface area (Å²) in [5, 5.41) is 2.75. The summed E-state index contributed by atoms with van der Waals surface area (Å²) in [6.45, 7) is 2.89. The number of halogens is 1. The van der Waals surface area contributed by atoms with Gasteiger partial charge in [0.15, 0.2) is 0 Å². The Bertz CT molecular complexity index is 421. The SMILES string of the molecule is COc1cc(OC)cc(OCCNC(=O)C(C)CN)c1.Cl. The predicted octanol–water partition coefficient (Wildman–Crippen LogP) is 1.22. The van der Waals surface area contributed by atoms with Crippen LogP contribution in [-0.2, 0) is 4.79 Å². The molecule has 1 rings (SSSR count). The Labute approximate surface area is 131 Å². The minimum absolute atomic E-state index is 0. The molecule has 1 aromatic rings. The van der Waals surface area contributed by atoms with E-state index >= 15 is 0 Å². The fourth-order valence-electron chi connectivity index (χ4n) is 1.49. The van der Waals surface area contributed by atoms with Gasteiger partial charge < -0.3 is 25.3 Å². The lowest BCUT2D eigenvalue weighted by Gasteiger charge is -2.12. The van der Waals surface area contributed by atoms with Crippen molar-refractivity contribution in [3.05, 3.63) is 18.2 Å². The van der Waals surface area contributed by atoms with Gasteiger partial charge in [0.1, 0.15) is 23.9 Å². The lowest BCUT2D eigenvalue weighted by molar-refractivity contribution is -0.124. The summed E-state index contributed by atoms with van der Waals surface area (Å²) >= 11 is 0. The third kappa shape index (κ3) is 6.55. The summed E-state index contributed by atoms with van der Waals surface area (Å²) in [7, 11) is 3.15. The van der Waals surface area contributed by atoms with E-state index < -0.39 is 0 Å². The number of rotatable bonds is 8. The van der Waals surface area contributed by atoms with Crippen molar-refractivity contribution in [1.82, 2.24) is 5.32 Å². The van der Waals surface area contributed by atoms with Crippen LogP contribution < -0.4 is 25.3 Å². The zero-order valence-electron chi connectivity index (χ0n) is 12.5. The van der Waals surface area contributed by atoms with E-state index in [2.05, 4.69) is 5.32 Å². The molecule has 0 spiro atoms. The molecule has 0 aliphatic carbocycles. The first kappa shape index (κ1) is 19.3. The molecular formula is C14H23ClN2O4. The van der Waals surface area contributed by atoms with Gasteiger partial charge >= 0.3 is 0 Å². The first-order chi connectivity index (χ1) is 9.60. The zero-order valence-corrected chi connectivity index (χ0v) is 13.4. The number of methoxy groups -OCH3 is 2. The van der Waals surface area contributed by atoms with Crippen molar-refractivity contribution in [2.45, 2.75) is 6.92 Å².